The summed E-state index contributed by atoms with van der Waals surface area (Å²) >= 11 is 1.84. The number of thioether (sulfide) groups is 1. The third kappa shape index (κ3) is 1.75. The highest BCUT2D eigenvalue weighted by Crippen LogP contribution is 2.46. The first-order valence-corrected chi connectivity index (χ1v) is 7.40. The van der Waals surface area contributed by atoms with Crippen molar-refractivity contribution in [1.29, 1.82) is 0 Å². The van der Waals surface area contributed by atoms with E-state index in [1.807, 2.05) is 30.0 Å². The molecule has 0 bridgehead atoms. The minimum atomic E-state index is -0.458. The molecule has 96 valence electrons. The van der Waals surface area contributed by atoms with Crippen molar-refractivity contribution in [2.45, 2.75) is 18.0 Å². The molecule has 2 heterocycles. The van der Waals surface area contributed by atoms with E-state index in [4.69, 9.17) is 4.74 Å². The number of carbonyl (C=O) groups is 1. The summed E-state index contributed by atoms with van der Waals surface area (Å²) < 4.78 is 5.01. The molecule has 18 heavy (non-hydrogen) atoms. The maximum atomic E-state index is 12.1. The monoisotopic (exact) mass is 263 g/mol. The summed E-state index contributed by atoms with van der Waals surface area (Å²) in [4.78, 5) is 12.1. The van der Waals surface area contributed by atoms with Gasteiger partial charge in [-0.2, -0.15) is 11.8 Å². The average molecular weight is 263 g/mol. The molecule has 1 aromatic rings. The van der Waals surface area contributed by atoms with Crippen molar-refractivity contribution >= 4 is 17.7 Å². The van der Waals surface area contributed by atoms with Gasteiger partial charge in [-0.3, -0.25) is 10.1 Å². The van der Waals surface area contributed by atoms with E-state index in [1.54, 1.807) is 0 Å². The van der Waals surface area contributed by atoms with Crippen molar-refractivity contribution in [2.75, 3.05) is 18.6 Å². The van der Waals surface area contributed by atoms with Crippen LogP contribution in [0.2, 0.25) is 0 Å². The van der Waals surface area contributed by atoms with Gasteiger partial charge >= 0.3 is 5.97 Å². The summed E-state index contributed by atoms with van der Waals surface area (Å²) in [5.74, 6) is 2.16. The smallest absolute Gasteiger partial charge is 0.327 e. The largest absolute Gasteiger partial charge is 0.468 e. The van der Waals surface area contributed by atoms with E-state index in [-0.39, 0.29) is 12.0 Å². The number of carbonyl (C=O) groups excluding carboxylic acids is 1. The van der Waals surface area contributed by atoms with Crippen LogP contribution in [-0.4, -0.2) is 30.1 Å². The molecular weight excluding hydrogens is 246 g/mol. The maximum absolute atomic E-state index is 12.1. The second kappa shape index (κ2) is 4.59. The Morgan fingerprint density at radius 1 is 1.44 bits per heavy atom. The predicted octanol–water partition coefficient (Wildman–Crippen LogP) is 2.00. The lowest BCUT2D eigenvalue weighted by Gasteiger charge is -2.26. The second-order valence-electron chi connectivity index (χ2n) is 5.02. The minimum absolute atomic E-state index is 0.101. The van der Waals surface area contributed by atoms with Crippen LogP contribution in [0.1, 0.15) is 18.0 Å². The number of rotatable bonds is 2. The molecule has 0 saturated carbocycles. The molecule has 4 heteroatoms. The maximum Gasteiger partial charge on any atom is 0.327 e. The number of hydrogen-bond donors (Lipinski definition) is 1. The number of esters is 1. The van der Waals surface area contributed by atoms with Crippen LogP contribution in [0.5, 0.6) is 0 Å². The van der Waals surface area contributed by atoms with E-state index in [2.05, 4.69) is 17.4 Å². The molecule has 2 fully saturated rings. The first kappa shape index (κ1) is 12.1. The molecular formula is C14H17NO2S. The lowest BCUT2D eigenvalue weighted by Crippen LogP contribution is -2.53. The average Bonchev–Trinajstić information content (AvgIpc) is 2.96. The summed E-state index contributed by atoms with van der Waals surface area (Å²) in [6.45, 7) is 0. The minimum Gasteiger partial charge on any atom is -0.468 e. The zero-order valence-corrected chi connectivity index (χ0v) is 11.2. The third-order valence-corrected chi connectivity index (χ3v) is 5.35. The number of benzene rings is 1. The van der Waals surface area contributed by atoms with Crippen molar-refractivity contribution < 1.29 is 9.53 Å². The van der Waals surface area contributed by atoms with Crippen LogP contribution < -0.4 is 5.32 Å². The first-order chi connectivity index (χ1) is 8.76. The van der Waals surface area contributed by atoms with E-state index in [0.29, 0.717) is 5.92 Å². The van der Waals surface area contributed by atoms with E-state index in [0.717, 1.165) is 17.9 Å². The van der Waals surface area contributed by atoms with Crippen LogP contribution in [0.25, 0.3) is 0 Å². The Morgan fingerprint density at radius 3 is 2.94 bits per heavy atom. The Morgan fingerprint density at radius 2 is 2.22 bits per heavy atom. The summed E-state index contributed by atoms with van der Waals surface area (Å²) in [5.41, 5.74) is 0.806. The van der Waals surface area contributed by atoms with Crippen molar-refractivity contribution in [3.63, 3.8) is 0 Å². The Kier molecular flexibility index (Phi) is 3.08. The van der Waals surface area contributed by atoms with E-state index in [1.165, 1.54) is 12.7 Å². The quantitative estimate of drug-likeness (QED) is 0.828. The molecule has 1 aromatic carbocycles. The van der Waals surface area contributed by atoms with Crippen molar-refractivity contribution in [3.05, 3.63) is 35.9 Å². The molecule has 0 radical (unpaired) electrons. The van der Waals surface area contributed by atoms with E-state index >= 15 is 0 Å². The van der Waals surface area contributed by atoms with Crippen LogP contribution in [0.4, 0.5) is 0 Å². The molecule has 0 aromatic heterocycles. The Balaban J connectivity index is 1.87. The summed E-state index contributed by atoms with van der Waals surface area (Å²) in [6.07, 6.45) is 1.02. The van der Waals surface area contributed by atoms with Gasteiger partial charge in [-0.15, -0.1) is 0 Å². The van der Waals surface area contributed by atoms with Crippen LogP contribution in [0.3, 0.4) is 0 Å². The summed E-state index contributed by atoms with van der Waals surface area (Å²) in [5, 5.41) is 3.54. The third-order valence-electron chi connectivity index (χ3n) is 4.05. The lowest BCUT2D eigenvalue weighted by atomic mass is 9.88. The van der Waals surface area contributed by atoms with Gasteiger partial charge in [0.1, 0.15) is 5.54 Å². The molecule has 1 N–H and O–H groups in total. The molecule has 0 aliphatic carbocycles. The summed E-state index contributed by atoms with van der Waals surface area (Å²) in [6, 6.07) is 10.6. The van der Waals surface area contributed by atoms with Gasteiger partial charge < -0.3 is 4.74 Å². The van der Waals surface area contributed by atoms with Gasteiger partial charge in [0, 0.05) is 11.8 Å². The molecule has 2 aliphatic heterocycles. The van der Waals surface area contributed by atoms with Gasteiger partial charge in [-0.05, 0) is 23.7 Å². The standard InChI is InChI=1S/C14H17NO2S/c1-17-13(16)14-9-18-8-11(14)7-12(15-14)10-5-3-2-4-6-10/h2-6,11-12,15H,7-9H2,1H3/t11-,12-,14+/m1/s1. The van der Waals surface area contributed by atoms with Crippen LogP contribution in [-0.2, 0) is 9.53 Å². The van der Waals surface area contributed by atoms with Gasteiger partial charge in [0.05, 0.1) is 7.11 Å². The molecule has 0 amide bonds. The van der Waals surface area contributed by atoms with Crippen LogP contribution in [0.15, 0.2) is 30.3 Å². The Labute approximate surface area is 111 Å². The number of nitrogens with one attached hydrogen (secondary N) is 1. The molecule has 0 spiro atoms. The number of methoxy groups -OCH3 is 1. The SMILES string of the molecule is COC(=O)[C@]12CSC[C@H]1C[C@H](c1ccccc1)N2. The molecule has 2 aliphatic rings. The van der Waals surface area contributed by atoms with Crippen molar-refractivity contribution in [2.24, 2.45) is 5.92 Å². The van der Waals surface area contributed by atoms with E-state index in [9.17, 15) is 4.79 Å². The van der Waals surface area contributed by atoms with Crippen LogP contribution in [0, 0.1) is 5.92 Å². The second-order valence-corrected chi connectivity index (χ2v) is 6.05. The first-order valence-electron chi connectivity index (χ1n) is 6.25. The van der Waals surface area contributed by atoms with Gasteiger partial charge in [-0.1, -0.05) is 30.3 Å². The van der Waals surface area contributed by atoms with Gasteiger partial charge in [0.25, 0.3) is 0 Å². The number of hydrogen-bond acceptors (Lipinski definition) is 4. The fourth-order valence-electron chi connectivity index (χ4n) is 3.08. The van der Waals surface area contributed by atoms with Crippen molar-refractivity contribution in [1.82, 2.24) is 5.32 Å². The fourth-order valence-corrected chi connectivity index (χ4v) is 4.66. The van der Waals surface area contributed by atoms with Crippen molar-refractivity contribution in [3.8, 4) is 0 Å². The number of ether oxygens (including phenoxy) is 1. The van der Waals surface area contributed by atoms with E-state index < -0.39 is 5.54 Å². The van der Waals surface area contributed by atoms with Gasteiger partial charge in [-0.25, -0.2) is 0 Å². The molecule has 3 atom stereocenters. The Hall–Kier alpha value is -1.00. The zero-order chi connectivity index (χ0) is 12.6. The summed E-state index contributed by atoms with van der Waals surface area (Å²) in [7, 11) is 1.48. The highest BCUT2D eigenvalue weighted by Gasteiger charge is 2.56. The fraction of sp³-hybridized carbons (Fsp3) is 0.500. The molecule has 0 unspecified atom stereocenters. The zero-order valence-electron chi connectivity index (χ0n) is 10.4. The normalized spacial score (nSPS) is 34.3. The predicted molar refractivity (Wildman–Crippen MR) is 72.5 cm³/mol. The number of fused-ring (bicyclic) bond motifs is 1. The topological polar surface area (TPSA) is 38.3 Å². The highest BCUT2D eigenvalue weighted by molar-refractivity contribution is 7.99. The van der Waals surface area contributed by atoms with Gasteiger partial charge in [0.15, 0.2) is 0 Å². The molecule has 3 rings (SSSR count). The molecule has 2 saturated heterocycles. The van der Waals surface area contributed by atoms with Gasteiger partial charge in [0.2, 0.25) is 0 Å². The van der Waals surface area contributed by atoms with Crippen LogP contribution >= 0.6 is 11.8 Å². The Bertz CT molecular complexity index is 450. The lowest BCUT2D eigenvalue weighted by molar-refractivity contribution is -0.148. The highest BCUT2D eigenvalue weighted by atomic mass is 32.2. The molecule has 3 nitrogen and oxygen atoms in total.